The van der Waals surface area contributed by atoms with Crippen molar-refractivity contribution in [3.8, 4) is 5.75 Å². The van der Waals surface area contributed by atoms with Gasteiger partial charge in [0.2, 0.25) is 0 Å². The van der Waals surface area contributed by atoms with Gasteiger partial charge in [-0.25, -0.2) is 0 Å². The minimum Gasteiger partial charge on any atom is -0.494 e. The van der Waals surface area contributed by atoms with Gasteiger partial charge in [-0.3, -0.25) is 0 Å². The molecule has 0 bridgehead atoms. The van der Waals surface area contributed by atoms with Crippen LogP contribution in [0, 0.1) is 0 Å². The molecule has 1 aliphatic rings. The minimum atomic E-state index is -0.322. The van der Waals surface area contributed by atoms with Gasteiger partial charge in [0.15, 0.2) is 0 Å². The lowest BCUT2D eigenvalue weighted by molar-refractivity contribution is 0.156. The van der Waals surface area contributed by atoms with Gasteiger partial charge >= 0.3 is 0 Å². The van der Waals surface area contributed by atoms with Crippen LogP contribution in [0.25, 0.3) is 0 Å². The first kappa shape index (κ1) is 14.4. The molecule has 0 amide bonds. The van der Waals surface area contributed by atoms with Crippen molar-refractivity contribution in [2.45, 2.75) is 51.0 Å². The van der Waals surface area contributed by atoms with Crippen LogP contribution in [0.3, 0.4) is 0 Å². The molecule has 0 heterocycles. The molecule has 2 rings (SSSR count). The summed E-state index contributed by atoms with van der Waals surface area (Å²) in [5, 5.41) is 18.7. The lowest BCUT2D eigenvalue weighted by Gasteiger charge is -2.22. The molecule has 0 unspecified atom stereocenters. The van der Waals surface area contributed by atoms with E-state index in [9.17, 15) is 5.11 Å². The van der Waals surface area contributed by atoms with Crippen molar-refractivity contribution in [1.82, 2.24) is 0 Å². The van der Waals surface area contributed by atoms with Gasteiger partial charge in [0.1, 0.15) is 5.75 Å². The Morgan fingerprint density at radius 1 is 1.16 bits per heavy atom. The summed E-state index contributed by atoms with van der Waals surface area (Å²) in [7, 11) is 0. The highest BCUT2D eigenvalue weighted by Crippen LogP contribution is 2.32. The summed E-state index contributed by atoms with van der Waals surface area (Å²) in [5.74, 6) is 0.863. The molecule has 0 fully saturated rings. The van der Waals surface area contributed by atoms with E-state index in [-0.39, 0.29) is 12.7 Å². The summed E-state index contributed by atoms with van der Waals surface area (Å²) in [6.45, 7) is 0.990. The van der Waals surface area contributed by atoms with Crippen molar-refractivity contribution < 1.29 is 14.9 Å². The first-order valence-corrected chi connectivity index (χ1v) is 7.36. The second-order valence-corrected chi connectivity index (χ2v) is 5.25. The van der Waals surface area contributed by atoms with E-state index in [4.69, 9.17) is 9.84 Å². The summed E-state index contributed by atoms with van der Waals surface area (Å²) in [6.07, 6.45) is 6.71. The van der Waals surface area contributed by atoms with E-state index in [1.165, 1.54) is 5.56 Å². The van der Waals surface area contributed by atoms with E-state index < -0.39 is 0 Å². The predicted molar refractivity (Wildman–Crippen MR) is 75.4 cm³/mol. The Kier molecular flexibility index (Phi) is 5.67. The third kappa shape index (κ3) is 4.22. The van der Waals surface area contributed by atoms with Crippen molar-refractivity contribution in [3.63, 3.8) is 0 Å². The number of hydrogen-bond acceptors (Lipinski definition) is 3. The average Bonchev–Trinajstić information content (AvgIpc) is 2.43. The topological polar surface area (TPSA) is 49.7 Å². The molecule has 3 heteroatoms. The predicted octanol–water partition coefficient (Wildman–Crippen LogP) is 2.99. The Morgan fingerprint density at radius 3 is 2.84 bits per heavy atom. The summed E-state index contributed by atoms with van der Waals surface area (Å²) in [4.78, 5) is 0. The van der Waals surface area contributed by atoms with Crippen LogP contribution < -0.4 is 4.74 Å². The Balaban J connectivity index is 1.79. The molecule has 0 aliphatic heterocycles. The zero-order valence-electron chi connectivity index (χ0n) is 11.5. The number of fused-ring (bicyclic) bond motifs is 1. The minimum absolute atomic E-state index is 0.281. The summed E-state index contributed by atoms with van der Waals surface area (Å²) >= 11 is 0. The zero-order chi connectivity index (χ0) is 13.5. The average molecular weight is 264 g/mol. The van der Waals surface area contributed by atoms with Gasteiger partial charge in [-0.1, -0.05) is 12.5 Å². The molecule has 106 valence electrons. The first-order chi connectivity index (χ1) is 9.31. The third-order valence-corrected chi connectivity index (χ3v) is 3.72. The molecule has 0 saturated heterocycles. The molecular weight excluding hydrogens is 240 g/mol. The maximum Gasteiger partial charge on any atom is 0.119 e. The van der Waals surface area contributed by atoms with Crippen LogP contribution >= 0.6 is 0 Å². The van der Waals surface area contributed by atoms with Gasteiger partial charge in [-0.05, 0) is 61.8 Å². The molecule has 3 nitrogen and oxygen atoms in total. The molecule has 1 aromatic rings. The number of benzene rings is 1. The van der Waals surface area contributed by atoms with E-state index in [0.29, 0.717) is 6.61 Å². The number of aryl methyl sites for hydroxylation is 1. The molecule has 1 aromatic carbocycles. The number of ether oxygens (including phenoxy) is 1. The van der Waals surface area contributed by atoms with Gasteiger partial charge in [0, 0.05) is 6.61 Å². The van der Waals surface area contributed by atoms with Crippen LogP contribution in [0.5, 0.6) is 5.75 Å². The fourth-order valence-electron chi connectivity index (χ4n) is 2.60. The SMILES string of the molecule is OCCCCCCOc1ccc2c(c1)[C@H](O)CCC2. The molecule has 2 N–H and O–H groups in total. The second kappa shape index (κ2) is 7.51. The first-order valence-electron chi connectivity index (χ1n) is 7.36. The maximum atomic E-state index is 9.98. The molecule has 0 radical (unpaired) electrons. The van der Waals surface area contributed by atoms with Crippen molar-refractivity contribution in [2.24, 2.45) is 0 Å². The number of aliphatic hydroxyl groups is 2. The Labute approximate surface area is 115 Å². The van der Waals surface area contributed by atoms with Crippen molar-refractivity contribution in [3.05, 3.63) is 29.3 Å². The third-order valence-electron chi connectivity index (χ3n) is 3.72. The molecule has 19 heavy (non-hydrogen) atoms. The number of unbranched alkanes of at least 4 members (excludes halogenated alkanes) is 3. The van der Waals surface area contributed by atoms with E-state index in [1.807, 2.05) is 12.1 Å². The molecule has 0 spiro atoms. The highest BCUT2D eigenvalue weighted by molar-refractivity contribution is 5.38. The van der Waals surface area contributed by atoms with Crippen molar-refractivity contribution in [1.29, 1.82) is 0 Å². The lowest BCUT2D eigenvalue weighted by Crippen LogP contribution is -2.09. The van der Waals surface area contributed by atoms with E-state index in [1.54, 1.807) is 0 Å². The summed E-state index contributed by atoms with van der Waals surface area (Å²) in [5.41, 5.74) is 2.30. The number of hydrogen-bond donors (Lipinski definition) is 2. The van der Waals surface area contributed by atoms with E-state index in [0.717, 1.165) is 56.3 Å². The highest BCUT2D eigenvalue weighted by Gasteiger charge is 2.18. The van der Waals surface area contributed by atoms with Crippen molar-refractivity contribution >= 4 is 0 Å². The van der Waals surface area contributed by atoms with Gasteiger partial charge in [-0.2, -0.15) is 0 Å². The van der Waals surface area contributed by atoms with E-state index >= 15 is 0 Å². The van der Waals surface area contributed by atoms with Crippen LogP contribution in [0.15, 0.2) is 18.2 Å². The molecule has 1 atom stereocenters. The molecule has 0 saturated carbocycles. The normalized spacial score (nSPS) is 18.1. The molecular formula is C16H24O3. The Morgan fingerprint density at radius 2 is 2.00 bits per heavy atom. The largest absolute Gasteiger partial charge is 0.494 e. The smallest absolute Gasteiger partial charge is 0.119 e. The van der Waals surface area contributed by atoms with Gasteiger partial charge in [-0.15, -0.1) is 0 Å². The number of aliphatic hydroxyl groups excluding tert-OH is 2. The van der Waals surface area contributed by atoms with Gasteiger partial charge in [0.05, 0.1) is 12.7 Å². The fraction of sp³-hybridized carbons (Fsp3) is 0.625. The summed E-state index contributed by atoms with van der Waals surface area (Å²) < 4.78 is 5.73. The van der Waals surface area contributed by atoms with Crippen LogP contribution in [0.2, 0.25) is 0 Å². The maximum absolute atomic E-state index is 9.98. The monoisotopic (exact) mass is 264 g/mol. The Hall–Kier alpha value is -1.06. The van der Waals surface area contributed by atoms with Crippen LogP contribution in [-0.2, 0) is 6.42 Å². The molecule has 1 aliphatic carbocycles. The Bertz CT molecular complexity index is 390. The van der Waals surface area contributed by atoms with Crippen LogP contribution in [0.4, 0.5) is 0 Å². The number of rotatable bonds is 7. The van der Waals surface area contributed by atoms with Crippen LogP contribution in [-0.4, -0.2) is 23.4 Å². The van der Waals surface area contributed by atoms with Crippen LogP contribution in [0.1, 0.15) is 55.8 Å². The highest BCUT2D eigenvalue weighted by atomic mass is 16.5. The van der Waals surface area contributed by atoms with Gasteiger partial charge < -0.3 is 14.9 Å². The quantitative estimate of drug-likeness (QED) is 0.744. The van der Waals surface area contributed by atoms with Crippen molar-refractivity contribution in [2.75, 3.05) is 13.2 Å². The zero-order valence-corrected chi connectivity index (χ0v) is 11.5. The fourth-order valence-corrected chi connectivity index (χ4v) is 2.60. The summed E-state index contributed by atoms with van der Waals surface area (Å²) in [6, 6.07) is 6.08. The lowest BCUT2D eigenvalue weighted by atomic mass is 9.89. The molecule has 0 aromatic heterocycles. The second-order valence-electron chi connectivity index (χ2n) is 5.25. The van der Waals surface area contributed by atoms with E-state index in [2.05, 4.69) is 6.07 Å². The standard InChI is InChI=1S/C16H24O3/c17-10-3-1-2-4-11-19-14-9-8-13-6-5-7-16(18)15(13)12-14/h8-9,12,16-18H,1-7,10-11H2/t16-/m1/s1. The van der Waals surface area contributed by atoms with Gasteiger partial charge in [0.25, 0.3) is 0 Å².